The smallest absolute Gasteiger partial charge is 0.265 e. The quantitative estimate of drug-likeness (QED) is 0.637. The number of carbonyl (C=O) groups excluding carboxylic acids is 1. The Kier molecular flexibility index (Phi) is 5.30. The molecule has 0 aliphatic carbocycles. The van der Waals surface area contributed by atoms with Gasteiger partial charge in [-0.3, -0.25) is 4.79 Å². The molecule has 3 aromatic carbocycles. The van der Waals surface area contributed by atoms with E-state index in [4.69, 9.17) is 16.3 Å². The van der Waals surface area contributed by atoms with E-state index in [-0.39, 0.29) is 10.5 Å². The van der Waals surface area contributed by atoms with Gasteiger partial charge in [-0.1, -0.05) is 41.9 Å². The first-order chi connectivity index (χ1) is 14.2. The Hall–Kier alpha value is -2.83. The molecule has 0 fully saturated rings. The molecule has 0 saturated heterocycles. The summed E-state index contributed by atoms with van der Waals surface area (Å²) in [5.74, 6) is 0.0295. The maximum atomic E-state index is 12.6. The van der Waals surface area contributed by atoms with E-state index < -0.39 is 21.5 Å². The second-order valence-corrected chi connectivity index (χ2v) is 9.72. The van der Waals surface area contributed by atoms with E-state index in [1.165, 1.54) is 12.1 Å². The van der Waals surface area contributed by atoms with E-state index in [2.05, 4.69) is 4.72 Å². The lowest BCUT2D eigenvalue weighted by atomic mass is 9.91. The van der Waals surface area contributed by atoms with Crippen LogP contribution in [-0.2, 0) is 22.9 Å². The first kappa shape index (κ1) is 20.4. The van der Waals surface area contributed by atoms with E-state index in [0.717, 1.165) is 11.1 Å². The van der Waals surface area contributed by atoms with Crippen molar-refractivity contribution in [3.8, 4) is 5.75 Å². The van der Waals surface area contributed by atoms with Gasteiger partial charge in [-0.05, 0) is 60.5 Å². The lowest BCUT2D eigenvalue weighted by Gasteiger charge is -2.24. The zero-order valence-electron chi connectivity index (χ0n) is 16.3. The molecule has 0 aromatic heterocycles. The van der Waals surface area contributed by atoms with Gasteiger partial charge in [0.2, 0.25) is 0 Å². The van der Waals surface area contributed by atoms with Crippen molar-refractivity contribution in [1.82, 2.24) is 4.72 Å². The molecule has 1 aliphatic heterocycles. The first-order valence-electron chi connectivity index (χ1n) is 9.43. The van der Waals surface area contributed by atoms with Crippen molar-refractivity contribution in [3.05, 3.63) is 94.5 Å². The normalized spacial score (nSPS) is 17.8. The highest BCUT2D eigenvalue weighted by molar-refractivity contribution is 7.90. The fourth-order valence-corrected chi connectivity index (χ4v) is 4.76. The minimum absolute atomic E-state index is 0.0402. The average Bonchev–Trinajstić information content (AvgIpc) is 3.05. The Morgan fingerprint density at radius 1 is 1.07 bits per heavy atom. The number of hydrogen-bond donors (Lipinski definition) is 1. The zero-order valence-corrected chi connectivity index (χ0v) is 17.8. The van der Waals surface area contributed by atoms with Crippen LogP contribution >= 0.6 is 11.6 Å². The predicted octanol–water partition coefficient (Wildman–Crippen LogP) is 4.40. The largest absolute Gasteiger partial charge is 0.487 e. The van der Waals surface area contributed by atoms with Gasteiger partial charge in [0.05, 0.1) is 4.90 Å². The highest BCUT2D eigenvalue weighted by Gasteiger charge is 2.35. The molecule has 1 atom stereocenters. The van der Waals surface area contributed by atoms with Crippen molar-refractivity contribution in [3.63, 3.8) is 0 Å². The molecule has 1 heterocycles. The molecular formula is C23H20ClNO4S. The van der Waals surface area contributed by atoms with Gasteiger partial charge < -0.3 is 4.74 Å². The summed E-state index contributed by atoms with van der Waals surface area (Å²) in [6.45, 7) is 2.02. The summed E-state index contributed by atoms with van der Waals surface area (Å²) in [4.78, 5) is 12.6. The third-order valence-corrected chi connectivity index (χ3v) is 6.61. The van der Waals surface area contributed by atoms with Gasteiger partial charge in [0.25, 0.3) is 15.9 Å². The third kappa shape index (κ3) is 4.35. The topological polar surface area (TPSA) is 72.5 Å². The number of sulfonamides is 1. The summed E-state index contributed by atoms with van der Waals surface area (Å²) < 4.78 is 33.1. The maximum Gasteiger partial charge on any atom is 0.265 e. The molecule has 5 nitrogen and oxygen atoms in total. The number of nitrogens with one attached hydrogen (secondary N) is 1. The van der Waals surface area contributed by atoms with Crippen molar-refractivity contribution in [2.45, 2.75) is 30.3 Å². The average molecular weight is 442 g/mol. The van der Waals surface area contributed by atoms with Crippen molar-refractivity contribution in [2.24, 2.45) is 0 Å². The molecule has 4 rings (SSSR count). The Balaban J connectivity index is 1.50. The van der Waals surface area contributed by atoms with Gasteiger partial charge in [-0.2, -0.15) is 0 Å². The molecular weight excluding hydrogens is 422 g/mol. The minimum Gasteiger partial charge on any atom is -0.487 e. The van der Waals surface area contributed by atoms with Gasteiger partial charge in [-0.15, -0.1) is 0 Å². The Morgan fingerprint density at radius 3 is 2.47 bits per heavy atom. The van der Waals surface area contributed by atoms with Crippen LogP contribution in [0.4, 0.5) is 0 Å². The lowest BCUT2D eigenvalue weighted by Crippen LogP contribution is -2.32. The molecule has 3 aromatic rings. The van der Waals surface area contributed by atoms with Crippen LogP contribution in [0.2, 0.25) is 5.02 Å². The van der Waals surface area contributed by atoms with E-state index in [1.54, 1.807) is 36.4 Å². The second kappa shape index (κ2) is 7.78. The third-order valence-electron chi connectivity index (χ3n) is 5.02. The number of carbonyl (C=O) groups is 1. The van der Waals surface area contributed by atoms with E-state index in [1.807, 2.05) is 31.2 Å². The Bertz CT molecular complexity index is 1190. The first-order valence-corrected chi connectivity index (χ1v) is 11.3. The van der Waals surface area contributed by atoms with Gasteiger partial charge in [0, 0.05) is 23.4 Å². The molecule has 0 spiro atoms. The number of ether oxygens (including phenoxy) is 1. The second-order valence-electron chi connectivity index (χ2n) is 7.60. The van der Waals surface area contributed by atoms with Gasteiger partial charge in [0.15, 0.2) is 0 Å². The van der Waals surface area contributed by atoms with Crippen LogP contribution in [0, 0.1) is 0 Å². The number of fused-ring (bicyclic) bond motifs is 1. The molecule has 30 heavy (non-hydrogen) atoms. The summed E-state index contributed by atoms with van der Waals surface area (Å²) >= 11 is 5.96. The monoisotopic (exact) mass is 441 g/mol. The summed E-state index contributed by atoms with van der Waals surface area (Å²) in [5, 5.41) is 0.681. The van der Waals surface area contributed by atoms with Gasteiger partial charge >= 0.3 is 0 Å². The molecule has 0 radical (unpaired) electrons. The zero-order chi connectivity index (χ0) is 21.4. The standard InChI is InChI=1S/C23H20ClNO4S/c1-23(14-16-7-10-19(24)11-8-16)15-18-13-17(9-12-21(18)29-23)22(26)25-30(27,28)20-5-3-2-4-6-20/h2-13H,14-15H2,1H3,(H,25,26). The SMILES string of the molecule is CC1(Cc2ccc(Cl)cc2)Cc2cc(C(=O)NS(=O)(=O)c3ccccc3)ccc2O1. The highest BCUT2D eigenvalue weighted by atomic mass is 35.5. The number of rotatable bonds is 5. The van der Waals surface area contributed by atoms with Crippen LogP contribution < -0.4 is 9.46 Å². The highest BCUT2D eigenvalue weighted by Crippen LogP contribution is 2.37. The van der Waals surface area contributed by atoms with Gasteiger partial charge in [0.1, 0.15) is 11.4 Å². The van der Waals surface area contributed by atoms with Crippen molar-refractivity contribution in [1.29, 1.82) is 0 Å². The van der Waals surface area contributed by atoms with Crippen molar-refractivity contribution < 1.29 is 17.9 Å². The van der Waals surface area contributed by atoms with Crippen LogP contribution in [0.1, 0.15) is 28.4 Å². The summed E-state index contributed by atoms with van der Waals surface area (Å²) in [6.07, 6.45) is 1.29. The Morgan fingerprint density at radius 2 is 1.77 bits per heavy atom. The molecule has 7 heteroatoms. The van der Waals surface area contributed by atoms with Crippen LogP contribution in [0.15, 0.2) is 77.7 Å². The predicted molar refractivity (Wildman–Crippen MR) is 115 cm³/mol. The van der Waals surface area contributed by atoms with Crippen molar-refractivity contribution >= 4 is 27.5 Å². The molecule has 1 N–H and O–H groups in total. The molecule has 0 bridgehead atoms. The van der Waals surface area contributed by atoms with Crippen molar-refractivity contribution in [2.75, 3.05) is 0 Å². The number of hydrogen-bond acceptors (Lipinski definition) is 4. The molecule has 1 aliphatic rings. The summed E-state index contributed by atoms with van der Waals surface area (Å²) in [7, 11) is -3.93. The maximum absolute atomic E-state index is 12.6. The van der Waals surface area contributed by atoms with Gasteiger partial charge in [-0.25, -0.2) is 13.1 Å². The van der Waals surface area contributed by atoms with E-state index in [0.29, 0.717) is 23.6 Å². The molecule has 154 valence electrons. The van der Waals surface area contributed by atoms with Crippen LogP contribution in [0.3, 0.4) is 0 Å². The number of amides is 1. The lowest BCUT2D eigenvalue weighted by molar-refractivity contribution is 0.0981. The van der Waals surface area contributed by atoms with Crippen LogP contribution in [-0.4, -0.2) is 19.9 Å². The van der Waals surface area contributed by atoms with E-state index in [9.17, 15) is 13.2 Å². The fraction of sp³-hybridized carbons (Fsp3) is 0.174. The number of halogens is 1. The molecule has 0 saturated carbocycles. The van der Waals surface area contributed by atoms with Crippen LogP contribution in [0.25, 0.3) is 0 Å². The fourth-order valence-electron chi connectivity index (χ4n) is 3.63. The molecule has 1 amide bonds. The summed E-state index contributed by atoms with van der Waals surface area (Å²) in [5.41, 5.74) is 1.78. The number of benzene rings is 3. The van der Waals surface area contributed by atoms with Crippen LogP contribution in [0.5, 0.6) is 5.75 Å². The summed E-state index contributed by atoms with van der Waals surface area (Å²) in [6, 6.07) is 20.4. The Labute approximate surface area is 180 Å². The minimum atomic E-state index is -3.93. The van der Waals surface area contributed by atoms with E-state index >= 15 is 0 Å². The molecule has 1 unspecified atom stereocenters.